The third kappa shape index (κ3) is 4.70. The Morgan fingerprint density at radius 3 is 2.16 bits per heavy atom. The number of rotatable bonds is 6. The number of carboxylic acids is 3. The van der Waals surface area contributed by atoms with E-state index in [9.17, 15) is 29.7 Å². The van der Waals surface area contributed by atoms with Crippen molar-refractivity contribution >= 4 is 17.9 Å². The molecule has 0 bridgehead atoms. The Hall–Kier alpha value is -1.89. The zero-order valence-corrected chi connectivity index (χ0v) is 10.5. The van der Waals surface area contributed by atoms with Crippen LogP contribution in [0.2, 0.25) is 0 Å². The number of aliphatic carboxylic acids is 2. The Morgan fingerprint density at radius 1 is 1.11 bits per heavy atom. The number of carbonyl (C=O) groups excluding carboxylic acids is 3. The number of carbonyl (C=O) groups is 3. The average molecular weight is 306 g/mol. The summed E-state index contributed by atoms with van der Waals surface area (Å²) in [5.41, 5.74) is -0.490. The Kier molecular flexibility index (Phi) is 6.77. The Labute approximate surface area is 118 Å². The summed E-state index contributed by atoms with van der Waals surface area (Å²) in [6.45, 7) is -0.750. The quantitative estimate of drug-likeness (QED) is 0.532. The first kappa shape index (κ1) is 17.1. The van der Waals surface area contributed by atoms with Gasteiger partial charge in [-0.2, -0.15) is 0 Å². The molecule has 1 rings (SSSR count). The predicted octanol–water partition coefficient (Wildman–Crippen LogP) is -3.82. The van der Waals surface area contributed by atoms with Crippen molar-refractivity contribution in [2.45, 2.75) is 6.04 Å². The van der Waals surface area contributed by atoms with Crippen LogP contribution in [0.1, 0.15) is 22.0 Å². The summed E-state index contributed by atoms with van der Waals surface area (Å²) < 4.78 is 0. The molecule has 1 unspecified atom stereocenters. The number of benzene rings is 1. The van der Waals surface area contributed by atoms with E-state index in [1.807, 2.05) is 0 Å². The summed E-state index contributed by atoms with van der Waals surface area (Å²) in [7, 11) is 0. The van der Waals surface area contributed by atoms with Crippen LogP contribution in [-0.4, -0.2) is 24.5 Å². The van der Waals surface area contributed by atoms with Gasteiger partial charge in [-0.05, 0) is 5.56 Å². The first-order valence-electron chi connectivity index (χ1n) is 4.88. The van der Waals surface area contributed by atoms with Crippen molar-refractivity contribution in [3.63, 3.8) is 0 Å². The molecule has 0 aromatic heterocycles. The molecule has 0 aliphatic carbocycles. The van der Waals surface area contributed by atoms with Crippen LogP contribution >= 0.6 is 0 Å². The molecule has 19 heavy (non-hydrogen) atoms. The molecule has 0 aliphatic heterocycles. The second-order valence-electron chi connectivity index (χ2n) is 3.38. The SMILES string of the molecule is O=C([O-])CNC(C(=O)[O-])c1ccccc1C(=O)[O-].[Fe+3]. The Balaban J connectivity index is 0.00000324. The zero-order valence-electron chi connectivity index (χ0n) is 9.40. The van der Waals surface area contributed by atoms with Crippen molar-refractivity contribution in [1.29, 1.82) is 0 Å². The summed E-state index contributed by atoms with van der Waals surface area (Å²) in [6.07, 6.45) is 0. The van der Waals surface area contributed by atoms with Gasteiger partial charge in [0.05, 0.1) is 23.9 Å². The standard InChI is InChI=1S/C11H11NO6.Fe/c13-8(14)5-12-9(11(17)18)6-3-1-2-4-7(6)10(15)16;/h1-4,9,12H,5H2,(H,13,14)(H,15,16)(H,17,18);/q;+3/p-3. The molecule has 1 aromatic rings. The van der Waals surface area contributed by atoms with Gasteiger partial charge >= 0.3 is 17.1 Å². The third-order valence-corrected chi connectivity index (χ3v) is 2.18. The van der Waals surface area contributed by atoms with Crippen LogP contribution in [0.25, 0.3) is 0 Å². The van der Waals surface area contributed by atoms with Gasteiger partial charge in [0.25, 0.3) is 0 Å². The van der Waals surface area contributed by atoms with Crippen molar-refractivity contribution in [2.75, 3.05) is 6.54 Å². The minimum atomic E-state index is -1.65. The van der Waals surface area contributed by atoms with Crippen molar-refractivity contribution in [3.05, 3.63) is 35.4 Å². The molecule has 0 saturated heterocycles. The largest absolute Gasteiger partial charge is 3.00 e. The van der Waals surface area contributed by atoms with Gasteiger partial charge in [-0.25, -0.2) is 0 Å². The fourth-order valence-corrected chi connectivity index (χ4v) is 1.44. The summed E-state index contributed by atoms with van der Waals surface area (Å²) in [5.74, 6) is -4.73. The molecule has 8 heteroatoms. The number of hydrogen-bond donors (Lipinski definition) is 1. The van der Waals surface area contributed by atoms with Crippen LogP contribution in [0.15, 0.2) is 24.3 Å². The van der Waals surface area contributed by atoms with E-state index in [2.05, 4.69) is 5.32 Å². The maximum atomic E-state index is 10.9. The van der Waals surface area contributed by atoms with E-state index >= 15 is 0 Å². The molecule has 0 saturated carbocycles. The molecule has 0 spiro atoms. The van der Waals surface area contributed by atoms with E-state index in [1.165, 1.54) is 18.2 Å². The molecular formula is C11H8FeNO6. The average Bonchev–Trinajstić information content (AvgIpc) is 2.28. The van der Waals surface area contributed by atoms with Gasteiger partial charge in [-0.1, -0.05) is 24.3 Å². The van der Waals surface area contributed by atoms with E-state index in [4.69, 9.17) is 0 Å². The van der Waals surface area contributed by atoms with E-state index < -0.39 is 30.5 Å². The van der Waals surface area contributed by atoms with Gasteiger partial charge in [0.1, 0.15) is 0 Å². The monoisotopic (exact) mass is 306 g/mol. The molecule has 0 heterocycles. The predicted molar refractivity (Wildman–Crippen MR) is 51.5 cm³/mol. The maximum Gasteiger partial charge on any atom is 3.00 e. The summed E-state index contributed by atoms with van der Waals surface area (Å²) in [5, 5.41) is 34.1. The maximum absolute atomic E-state index is 10.9. The fourth-order valence-electron chi connectivity index (χ4n) is 1.44. The second kappa shape index (κ2) is 7.52. The van der Waals surface area contributed by atoms with Crippen LogP contribution in [0.5, 0.6) is 0 Å². The molecule has 0 aliphatic rings. The molecule has 1 radical (unpaired) electrons. The summed E-state index contributed by atoms with van der Waals surface area (Å²) in [6, 6.07) is 3.62. The molecule has 1 atom stereocenters. The minimum Gasteiger partial charge on any atom is -0.549 e. The van der Waals surface area contributed by atoms with Crippen LogP contribution in [-0.2, 0) is 26.7 Å². The van der Waals surface area contributed by atoms with Gasteiger partial charge in [-0.15, -0.1) is 0 Å². The van der Waals surface area contributed by atoms with Gasteiger partial charge in [0, 0.05) is 12.1 Å². The van der Waals surface area contributed by atoms with Gasteiger partial charge in [-0.3, -0.25) is 5.32 Å². The van der Waals surface area contributed by atoms with E-state index in [0.29, 0.717) is 0 Å². The molecular weight excluding hydrogens is 298 g/mol. The van der Waals surface area contributed by atoms with Crippen LogP contribution in [0.4, 0.5) is 0 Å². The summed E-state index contributed by atoms with van der Waals surface area (Å²) >= 11 is 0. The molecule has 1 aromatic carbocycles. The van der Waals surface area contributed by atoms with Crippen molar-refractivity contribution in [2.24, 2.45) is 0 Å². The fraction of sp³-hybridized carbons (Fsp3) is 0.182. The topological polar surface area (TPSA) is 132 Å². The number of aromatic carboxylic acids is 1. The Morgan fingerprint density at radius 2 is 1.68 bits per heavy atom. The number of hydrogen-bond acceptors (Lipinski definition) is 7. The smallest absolute Gasteiger partial charge is 0.549 e. The van der Waals surface area contributed by atoms with Crippen molar-refractivity contribution in [3.8, 4) is 0 Å². The van der Waals surface area contributed by atoms with E-state index in [-0.39, 0.29) is 28.2 Å². The molecule has 1 N–H and O–H groups in total. The van der Waals surface area contributed by atoms with Crippen molar-refractivity contribution < 1.29 is 46.8 Å². The van der Waals surface area contributed by atoms with E-state index in [0.717, 1.165) is 6.07 Å². The van der Waals surface area contributed by atoms with Crippen LogP contribution in [0, 0.1) is 0 Å². The van der Waals surface area contributed by atoms with Crippen LogP contribution in [0.3, 0.4) is 0 Å². The van der Waals surface area contributed by atoms with E-state index in [1.54, 1.807) is 0 Å². The molecule has 101 valence electrons. The molecule has 0 fully saturated rings. The van der Waals surface area contributed by atoms with Gasteiger partial charge in [0.15, 0.2) is 0 Å². The first-order valence-corrected chi connectivity index (χ1v) is 4.88. The second-order valence-corrected chi connectivity index (χ2v) is 3.38. The van der Waals surface area contributed by atoms with Crippen LogP contribution < -0.4 is 20.6 Å². The van der Waals surface area contributed by atoms with Gasteiger partial charge < -0.3 is 29.7 Å². The minimum absolute atomic E-state index is 0. The molecule has 0 amide bonds. The third-order valence-electron chi connectivity index (χ3n) is 2.18. The van der Waals surface area contributed by atoms with Crippen molar-refractivity contribution in [1.82, 2.24) is 5.32 Å². The van der Waals surface area contributed by atoms with Gasteiger partial charge in [0.2, 0.25) is 0 Å². The zero-order chi connectivity index (χ0) is 13.7. The number of nitrogens with one attached hydrogen (secondary N) is 1. The first-order chi connectivity index (χ1) is 8.43. The summed E-state index contributed by atoms with van der Waals surface area (Å²) in [4.78, 5) is 32.0. The normalized spacial score (nSPS) is 11.2. The Bertz CT molecular complexity index is 490. The number of carboxylic acid groups (broad SMARTS) is 3. The molecule has 7 nitrogen and oxygen atoms in total.